The second-order valence-electron chi connectivity index (χ2n) is 11.7. The predicted molar refractivity (Wildman–Crippen MR) is 158 cm³/mol. The molecule has 4 unspecified atom stereocenters. The van der Waals surface area contributed by atoms with Gasteiger partial charge in [0.15, 0.2) is 6.10 Å². The van der Waals surface area contributed by atoms with E-state index in [1.165, 1.54) is 6.08 Å². The van der Waals surface area contributed by atoms with Crippen molar-refractivity contribution in [3.63, 3.8) is 0 Å². The number of ether oxygens (including phenoxy) is 3. The standard InChI is InChI=1S/C33H46O9/c1-22-12-6-4-7-14-25-20-30(33(3,21-34)29(41-25)16-11-10-15-26(35)32(38)39)42-31(37)17-9-5-8-13-24-19-27(36)23(2)28(18-22)40-24/h5-12,14,17-18,23-30,34-36H,4,13,15-16,19-21H2,1-3H3,(H,38,39)/b8-5+,11-10-,12-6+,14-7+,17-9+,22-18-/t23?,24-,25?,26?,27-,28+,29?,30+,33-/m0/s1. The van der Waals surface area contributed by atoms with E-state index in [1.807, 2.05) is 51.2 Å². The quantitative estimate of drug-likeness (QED) is 0.269. The van der Waals surface area contributed by atoms with Crippen molar-refractivity contribution in [1.82, 2.24) is 0 Å². The zero-order valence-corrected chi connectivity index (χ0v) is 24.7. The first-order valence-corrected chi connectivity index (χ1v) is 14.7. The molecule has 3 heterocycles. The number of aliphatic hydroxyl groups excluding tert-OH is 3. The number of hydrogen-bond donors (Lipinski definition) is 4. The molecule has 0 aromatic carbocycles. The lowest BCUT2D eigenvalue weighted by atomic mass is 9.73. The Bertz CT molecular complexity index is 1090. The number of carbonyl (C=O) groups is 2. The summed E-state index contributed by atoms with van der Waals surface area (Å²) in [5.74, 6) is -1.86. The minimum absolute atomic E-state index is 0.0213. The van der Waals surface area contributed by atoms with Crippen molar-refractivity contribution in [3.8, 4) is 0 Å². The van der Waals surface area contributed by atoms with Crippen LogP contribution >= 0.6 is 0 Å². The average molecular weight is 587 g/mol. The first-order chi connectivity index (χ1) is 20.0. The van der Waals surface area contributed by atoms with E-state index in [2.05, 4.69) is 6.08 Å². The van der Waals surface area contributed by atoms with Crippen LogP contribution in [0.4, 0.5) is 0 Å². The number of carboxylic acids is 1. The summed E-state index contributed by atoms with van der Waals surface area (Å²) in [5, 5.41) is 39.4. The minimum atomic E-state index is -1.49. The van der Waals surface area contributed by atoms with Crippen molar-refractivity contribution in [2.75, 3.05) is 6.61 Å². The summed E-state index contributed by atoms with van der Waals surface area (Å²) in [6.07, 6.45) is 18.5. The maximum Gasteiger partial charge on any atom is 0.332 e. The number of fused-ring (bicyclic) bond motifs is 4. The zero-order valence-electron chi connectivity index (χ0n) is 24.7. The van der Waals surface area contributed by atoms with Gasteiger partial charge in [-0.1, -0.05) is 80.2 Å². The molecule has 3 aliphatic heterocycles. The third kappa shape index (κ3) is 9.61. The molecule has 3 aliphatic rings. The SMILES string of the molecule is CC1=C/[C@H]2O[C@@H](C/C=C/C=C/C(=O)O[C@@H]3CC(/C=C/C\C=C\1)OC(C/C=C\CC(O)C(=O)O)[C@]3(C)CO)C[C@H](O)C2C. The lowest BCUT2D eigenvalue weighted by Gasteiger charge is -2.47. The van der Waals surface area contributed by atoms with Crippen molar-refractivity contribution >= 4 is 11.9 Å². The molecule has 232 valence electrons. The molecule has 9 atom stereocenters. The fraction of sp³-hybridized carbons (Fsp3) is 0.576. The molecule has 42 heavy (non-hydrogen) atoms. The van der Waals surface area contributed by atoms with Gasteiger partial charge in [0.2, 0.25) is 0 Å². The van der Waals surface area contributed by atoms with Crippen LogP contribution in [-0.4, -0.2) is 81.7 Å². The molecule has 0 spiro atoms. The van der Waals surface area contributed by atoms with E-state index in [9.17, 15) is 24.9 Å². The first kappa shape index (κ1) is 33.7. The predicted octanol–water partition coefficient (Wildman–Crippen LogP) is 3.96. The molecule has 0 aromatic rings. The van der Waals surface area contributed by atoms with E-state index >= 15 is 0 Å². The molecule has 0 amide bonds. The maximum atomic E-state index is 12.8. The van der Waals surface area contributed by atoms with Gasteiger partial charge < -0.3 is 34.6 Å². The van der Waals surface area contributed by atoms with Crippen LogP contribution in [0.3, 0.4) is 0 Å². The number of carbonyl (C=O) groups excluding carboxylic acids is 1. The smallest absolute Gasteiger partial charge is 0.332 e. The van der Waals surface area contributed by atoms with E-state index in [-0.39, 0.29) is 37.3 Å². The van der Waals surface area contributed by atoms with Crippen molar-refractivity contribution in [2.24, 2.45) is 11.3 Å². The van der Waals surface area contributed by atoms with Crippen LogP contribution in [0.5, 0.6) is 0 Å². The summed E-state index contributed by atoms with van der Waals surface area (Å²) >= 11 is 0. The van der Waals surface area contributed by atoms with E-state index in [0.717, 1.165) is 5.57 Å². The van der Waals surface area contributed by atoms with Gasteiger partial charge in [-0.15, -0.1) is 0 Å². The van der Waals surface area contributed by atoms with Crippen LogP contribution in [-0.2, 0) is 23.8 Å². The number of aliphatic carboxylic acids is 1. The lowest BCUT2D eigenvalue weighted by molar-refractivity contribution is -0.198. The Balaban J connectivity index is 1.82. The van der Waals surface area contributed by atoms with E-state index in [0.29, 0.717) is 32.1 Å². The number of rotatable bonds is 6. The van der Waals surface area contributed by atoms with Gasteiger partial charge in [-0.3, -0.25) is 0 Å². The van der Waals surface area contributed by atoms with Crippen molar-refractivity contribution in [3.05, 3.63) is 72.4 Å². The van der Waals surface area contributed by atoms with Gasteiger partial charge >= 0.3 is 11.9 Å². The summed E-state index contributed by atoms with van der Waals surface area (Å²) in [6.45, 7) is 5.52. The Morgan fingerprint density at radius 2 is 1.93 bits per heavy atom. The molecule has 9 nitrogen and oxygen atoms in total. The summed E-state index contributed by atoms with van der Waals surface area (Å²) in [4.78, 5) is 23.7. The Morgan fingerprint density at radius 3 is 2.67 bits per heavy atom. The molecule has 2 saturated heterocycles. The van der Waals surface area contributed by atoms with Crippen molar-refractivity contribution < 1.29 is 44.2 Å². The molecule has 4 bridgehead atoms. The van der Waals surface area contributed by atoms with Crippen LogP contribution in [0.15, 0.2) is 72.4 Å². The third-order valence-corrected chi connectivity index (χ3v) is 8.31. The molecule has 0 aromatic heterocycles. The van der Waals surface area contributed by atoms with Gasteiger partial charge in [-0.2, -0.15) is 0 Å². The summed E-state index contributed by atoms with van der Waals surface area (Å²) in [6, 6.07) is 0. The zero-order chi connectivity index (χ0) is 30.7. The molecule has 0 aliphatic carbocycles. The number of aliphatic hydroxyl groups is 3. The summed E-state index contributed by atoms with van der Waals surface area (Å²) in [7, 11) is 0. The largest absolute Gasteiger partial charge is 0.479 e. The number of carboxylic acid groups (broad SMARTS) is 1. The minimum Gasteiger partial charge on any atom is -0.479 e. The van der Waals surface area contributed by atoms with Gasteiger partial charge in [0, 0.05) is 31.3 Å². The van der Waals surface area contributed by atoms with Crippen LogP contribution in [0.1, 0.15) is 59.3 Å². The van der Waals surface area contributed by atoms with Gasteiger partial charge in [-0.25, -0.2) is 9.59 Å². The Labute approximate surface area is 248 Å². The van der Waals surface area contributed by atoms with Crippen LogP contribution in [0.2, 0.25) is 0 Å². The highest BCUT2D eigenvalue weighted by Gasteiger charge is 2.49. The number of esters is 1. The Hall–Kier alpha value is -2.82. The Kier molecular flexibility index (Phi) is 12.9. The van der Waals surface area contributed by atoms with E-state index in [4.69, 9.17) is 19.3 Å². The van der Waals surface area contributed by atoms with Gasteiger partial charge in [0.25, 0.3) is 0 Å². The first-order valence-electron chi connectivity index (χ1n) is 14.7. The number of allylic oxidation sites excluding steroid dienone is 6. The fourth-order valence-electron chi connectivity index (χ4n) is 5.44. The van der Waals surface area contributed by atoms with E-state index < -0.39 is 41.8 Å². The van der Waals surface area contributed by atoms with Gasteiger partial charge in [0.1, 0.15) is 6.10 Å². The average Bonchev–Trinajstić information content (AvgIpc) is 2.94. The van der Waals surface area contributed by atoms with E-state index in [1.54, 1.807) is 24.3 Å². The lowest BCUT2D eigenvalue weighted by Crippen LogP contribution is -2.55. The number of hydrogen-bond acceptors (Lipinski definition) is 8. The molecule has 2 fully saturated rings. The highest BCUT2D eigenvalue weighted by atomic mass is 16.6. The summed E-state index contributed by atoms with van der Waals surface area (Å²) < 4.78 is 18.5. The monoisotopic (exact) mass is 586 g/mol. The second kappa shape index (κ2) is 16.1. The molecule has 9 heteroatoms. The molecular weight excluding hydrogens is 540 g/mol. The molecule has 0 saturated carbocycles. The molecular formula is C33H46O9. The van der Waals surface area contributed by atoms with Crippen molar-refractivity contribution in [2.45, 2.75) is 102 Å². The second-order valence-corrected chi connectivity index (χ2v) is 11.7. The van der Waals surface area contributed by atoms with Crippen LogP contribution < -0.4 is 0 Å². The Morgan fingerprint density at radius 1 is 1.14 bits per heavy atom. The molecule has 4 N–H and O–H groups in total. The third-order valence-electron chi connectivity index (χ3n) is 8.31. The highest BCUT2D eigenvalue weighted by molar-refractivity contribution is 5.82. The normalized spacial score (nSPS) is 39.7. The van der Waals surface area contributed by atoms with Crippen LogP contribution in [0.25, 0.3) is 0 Å². The van der Waals surface area contributed by atoms with Gasteiger partial charge in [0.05, 0.1) is 42.5 Å². The topological polar surface area (TPSA) is 143 Å². The van der Waals surface area contributed by atoms with Crippen molar-refractivity contribution in [1.29, 1.82) is 0 Å². The highest BCUT2D eigenvalue weighted by Crippen LogP contribution is 2.41. The molecule has 3 rings (SSSR count). The van der Waals surface area contributed by atoms with Gasteiger partial charge in [-0.05, 0) is 26.2 Å². The molecule has 0 radical (unpaired) electrons. The van der Waals surface area contributed by atoms with Crippen LogP contribution in [0, 0.1) is 11.3 Å². The fourth-order valence-corrected chi connectivity index (χ4v) is 5.44. The maximum absolute atomic E-state index is 12.8. The summed E-state index contributed by atoms with van der Waals surface area (Å²) in [5.41, 5.74) is 0.130.